The van der Waals surface area contributed by atoms with Gasteiger partial charge in [-0.25, -0.2) is 4.79 Å². The molecule has 0 atom stereocenters. The molecule has 1 N–H and O–H groups in total. The van der Waals surface area contributed by atoms with Crippen molar-refractivity contribution in [2.45, 2.75) is 25.9 Å². The summed E-state index contributed by atoms with van der Waals surface area (Å²) in [5.74, 6) is -1.09. The van der Waals surface area contributed by atoms with E-state index in [2.05, 4.69) is 0 Å². The average molecular weight is 226 g/mol. The molecule has 0 unspecified atom stereocenters. The highest BCUT2D eigenvalue weighted by Crippen LogP contribution is 2.20. The normalized spacial score (nSPS) is 12.9. The lowest BCUT2D eigenvalue weighted by molar-refractivity contribution is -0.137. The highest BCUT2D eigenvalue weighted by atomic mass is 19.4. The van der Waals surface area contributed by atoms with Gasteiger partial charge in [0, 0.05) is 19.1 Å². The van der Waals surface area contributed by atoms with Crippen LogP contribution in [-0.2, 0) is 9.53 Å². The fourth-order valence-corrected chi connectivity index (χ4v) is 0.860. The van der Waals surface area contributed by atoms with Gasteiger partial charge in [-0.3, -0.25) is 0 Å². The average Bonchev–Trinajstić information content (AvgIpc) is 1.99. The number of carboxylic acid groups (broad SMARTS) is 1. The molecule has 0 amide bonds. The lowest BCUT2D eigenvalue weighted by Crippen LogP contribution is -2.09. The van der Waals surface area contributed by atoms with E-state index in [1.807, 2.05) is 0 Å². The van der Waals surface area contributed by atoms with E-state index < -0.39 is 18.6 Å². The van der Waals surface area contributed by atoms with Gasteiger partial charge in [-0.15, -0.1) is 0 Å². The monoisotopic (exact) mass is 226 g/mol. The smallest absolute Gasteiger partial charge is 0.389 e. The van der Waals surface area contributed by atoms with Crippen molar-refractivity contribution in [2.24, 2.45) is 0 Å². The number of alkyl halides is 3. The Morgan fingerprint density at radius 3 is 2.53 bits per heavy atom. The molecule has 0 aromatic heterocycles. The van der Waals surface area contributed by atoms with Gasteiger partial charge < -0.3 is 9.84 Å². The van der Waals surface area contributed by atoms with Gasteiger partial charge in [0.15, 0.2) is 0 Å². The first-order valence-corrected chi connectivity index (χ1v) is 4.36. The summed E-state index contributed by atoms with van der Waals surface area (Å²) >= 11 is 0. The van der Waals surface area contributed by atoms with Gasteiger partial charge in [0.1, 0.15) is 0 Å². The maximum absolute atomic E-state index is 11.7. The van der Waals surface area contributed by atoms with E-state index in [0.29, 0.717) is 5.57 Å². The van der Waals surface area contributed by atoms with Crippen LogP contribution in [0.25, 0.3) is 0 Å². The Labute approximate surface area is 85.5 Å². The first-order valence-electron chi connectivity index (χ1n) is 4.36. The van der Waals surface area contributed by atoms with Crippen LogP contribution in [0.5, 0.6) is 0 Å². The van der Waals surface area contributed by atoms with Gasteiger partial charge in [0.25, 0.3) is 0 Å². The molecule has 0 heterocycles. The zero-order valence-electron chi connectivity index (χ0n) is 8.30. The molecule has 88 valence electrons. The molecule has 3 nitrogen and oxygen atoms in total. The Hall–Kier alpha value is -1.04. The van der Waals surface area contributed by atoms with Crippen LogP contribution < -0.4 is 0 Å². The summed E-state index contributed by atoms with van der Waals surface area (Å²) in [4.78, 5) is 10.1. The van der Waals surface area contributed by atoms with Gasteiger partial charge in [0.2, 0.25) is 0 Å². The molecule has 0 aromatic carbocycles. The predicted octanol–water partition coefficient (Wildman–Crippen LogP) is 2.38. The van der Waals surface area contributed by atoms with Crippen LogP contribution >= 0.6 is 0 Å². The topological polar surface area (TPSA) is 46.5 Å². The molecule has 0 radical (unpaired) electrons. The molecule has 0 fully saturated rings. The third-order valence-corrected chi connectivity index (χ3v) is 1.45. The zero-order valence-corrected chi connectivity index (χ0v) is 8.30. The van der Waals surface area contributed by atoms with Gasteiger partial charge in [0.05, 0.1) is 6.61 Å². The van der Waals surface area contributed by atoms with Gasteiger partial charge in [-0.2, -0.15) is 13.2 Å². The SMILES string of the molecule is CC(=CC(=O)O)COCCCC(F)(F)F. The summed E-state index contributed by atoms with van der Waals surface area (Å²) in [7, 11) is 0. The Kier molecular flexibility index (Phi) is 6.00. The molecule has 0 spiro atoms. The summed E-state index contributed by atoms with van der Waals surface area (Å²) in [5, 5.41) is 8.31. The third-order valence-electron chi connectivity index (χ3n) is 1.45. The van der Waals surface area contributed by atoms with E-state index in [1.54, 1.807) is 0 Å². The fourth-order valence-electron chi connectivity index (χ4n) is 0.860. The largest absolute Gasteiger partial charge is 0.478 e. The quantitative estimate of drug-likeness (QED) is 0.558. The van der Waals surface area contributed by atoms with Gasteiger partial charge in [-0.1, -0.05) is 0 Å². The number of ether oxygens (including phenoxy) is 1. The Morgan fingerprint density at radius 1 is 1.47 bits per heavy atom. The maximum Gasteiger partial charge on any atom is 0.389 e. The lowest BCUT2D eigenvalue weighted by Gasteiger charge is -2.06. The van der Waals surface area contributed by atoms with Gasteiger partial charge >= 0.3 is 12.1 Å². The van der Waals surface area contributed by atoms with Crippen molar-refractivity contribution >= 4 is 5.97 Å². The van der Waals surface area contributed by atoms with E-state index in [9.17, 15) is 18.0 Å². The molecule has 0 rings (SSSR count). The molecular weight excluding hydrogens is 213 g/mol. The highest BCUT2D eigenvalue weighted by molar-refractivity contribution is 5.80. The van der Waals surface area contributed by atoms with Crippen molar-refractivity contribution < 1.29 is 27.8 Å². The van der Waals surface area contributed by atoms with Crippen LogP contribution in [0.4, 0.5) is 13.2 Å². The molecule has 0 saturated carbocycles. The second-order valence-corrected chi connectivity index (χ2v) is 3.10. The molecule has 0 aliphatic rings. The van der Waals surface area contributed by atoms with E-state index in [0.717, 1.165) is 6.08 Å². The molecule has 6 heteroatoms. The summed E-state index contributed by atoms with van der Waals surface area (Å²) in [5.41, 5.74) is 0.467. The molecule has 0 aliphatic carbocycles. The molecule has 0 bridgehead atoms. The predicted molar refractivity (Wildman–Crippen MR) is 47.5 cm³/mol. The van der Waals surface area contributed by atoms with Crippen LogP contribution in [0.2, 0.25) is 0 Å². The van der Waals surface area contributed by atoms with E-state index in [-0.39, 0.29) is 19.6 Å². The minimum absolute atomic E-state index is 0.0235. The van der Waals surface area contributed by atoms with Crippen molar-refractivity contribution in [1.82, 2.24) is 0 Å². The number of carbonyl (C=O) groups is 1. The summed E-state index contributed by atoms with van der Waals surface area (Å²) in [6, 6.07) is 0. The summed E-state index contributed by atoms with van der Waals surface area (Å²) in [6.07, 6.45) is -4.18. The number of hydrogen-bond acceptors (Lipinski definition) is 2. The van der Waals surface area contributed by atoms with Crippen molar-refractivity contribution in [3.05, 3.63) is 11.6 Å². The summed E-state index contributed by atoms with van der Waals surface area (Å²) < 4.78 is 39.9. The van der Waals surface area contributed by atoms with Crippen LogP contribution in [-0.4, -0.2) is 30.5 Å². The van der Waals surface area contributed by atoms with Crippen molar-refractivity contribution in [2.75, 3.05) is 13.2 Å². The maximum atomic E-state index is 11.7. The molecule has 0 aliphatic heterocycles. The summed E-state index contributed by atoms with van der Waals surface area (Å²) in [6.45, 7) is 1.56. The van der Waals surface area contributed by atoms with Gasteiger partial charge in [-0.05, 0) is 18.9 Å². The molecule has 0 aromatic rings. The first-order chi connectivity index (χ1) is 6.81. The Bertz CT molecular complexity index is 233. The third kappa shape index (κ3) is 10.9. The first kappa shape index (κ1) is 14.0. The number of carboxylic acids is 1. The van der Waals surface area contributed by atoms with Crippen LogP contribution in [0.1, 0.15) is 19.8 Å². The number of hydrogen-bond donors (Lipinski definition) is 1. The standard InChI is InChI=1S/C9H13F3O3/c1-7(5-8(13)14)6-15-4-2-3-9(10,11)12/h5H,2-4,6H2,1H3,(H,13,14). The Balaban J connectivity index is 3.51. The van der Waals surface area contributed by atoms with Crippen LogP contribution in [0.15, 0.2) is 11.6 Å². The van der Waals surface area contributed by atoms with E-state index >= 15 is 0 Å². The molecule has 0 saturated heterocycles. The molecular formula is C9H13F3O3. The van der Waals surface area contributed by atoms with Crippen molar-refractivity contribution in [3.8, 4) is 0 Å². The lowest BCUT2D eigenvalue weighted by atomic mass is 10.3. The van der Waals surface area contributed by atoms with E-state index in [1.165, 1.54) is 6.92 Å². The minimum atomic E-state index is -4.16. The Morgan fingerprint density at radius 2 is 2.07 bits per heavy atom. The minimum Gasteiger partial charge on any atom is -0.478 e. The van der Waals surface area contributed by atoms with E-state index in [4.69, 9.17) is 9.84 Å². The van der Waals surface area contributed by atoms with Crippen molar-refractivity contribution in [3.63, 3.8) is 0 Å². The fraction of sp³-hybridized carbons (Fsp3) is 0.667. The zero-order chi connectivity index (χ0) is 11.9. The number of rotatable bonds is 6. The van der Waals surface area contributed by atoms with Crippen LogP contribution in [0, 0.1) is 0 Å². The second kappa shape index (κ2) is 6.44. The highest BCUT2D eigenvalue weighted by Gasteiger charge is 2.25. The number of aliphatic carboxylic acids is 1. The van der Waals surface area contributed by atoms with Crippen LogP contribution in [0.3, 0.4) is 0 Å². The second-order valence-electron chi connectivity index (χ2n) is 3.10. The van der Waals surface area contributed by atoms with Crippen molar-refractivity contribution in [1.29, 1.82) is 0 Å². The number of halogens is 3. The molecule has 15 heavy (non-hydrogen) atoms.